The fraction of sp³-hybridized carbons (Fsp3) is 0.286. The van der Waals surface area contributed by atoms with Crippen LogP contribution in [-0.4, -0.2) is 59.2 Å². The van der Waals surface area contributed by atoms with Gasteiger partial charge in [0, 0.05) is 11.7 Å². The van der Waals surface area contributed by atoms with Crippen LogP contribution < -0.4 is 10.6 Å². The maximum absolute atomic E-state index is 12.3. The summed E-state index contributed by atoms with van der Waals surface area (Å²) in [6.07, 6.45) is -0.818. The number of hydrogen-bond acceptors (Lipinski definition) is 6. The number of ether oxygens (including phenoxy) is 1. The fourth-order valence-corrected chi connectivity index (χ4v) is 3.69. The molecule has 2 aromatic carbocycles. The van der Waals surface area contributed by atoms with E-state index in [0.717, 1.165) is 22.3 Å². The van der Waals surface area contributed by atoms with Crippen LogP contribution in [0.3, 0.4) is 0 Å². The van der Waals surface area contributed by atoms with Gasteiger partial charge in [-0.05, 0) is 22.3 Å². The second-order valence-corrected chi connectivity index (χ2v) is 7.15. The molecule has 0 spiro atoms. The number of carboxylic acid groups (broad SMARTS) is 1. The molecule has 0 radical (unpaired) electrons. The van der Waals surface area contributed by atoms with Gasteiger partial charge in [-0.1, -0.05) is 48.5 Å². The Kier molecular flexibility index (Phi) is 6.96. The van der Waals surface area contributed by atoms with E-state index in [4.69, 9.17) is 14.9 Å². The average Bonchev–Trinajstić information content (AvgIpc) is 3.07. The number of thiol groups is 1. The van der Waals surface area contributed by atoms with Crippen molar-refractivity contribution < 1.29 is 29.3 Å². The van der Waals surface area contributed by atoms with Crippen molar-refractivity contribution in [1.29, 1.82) is 0 Å². The summed E-state index contributed by atoms with van der Waals surface area (Å²) in [6.45, 7) is -0.694. The summed E-state index contributed by atoms with van der Waals surface area (Å²) < 4.78 is 5.37. The number of benzene rings is 2. The lowest BCUT2D eigenvalue weighted by Gasteiger charge is -2.20. The van der Waals surface area contributed by atoms with Gasteiger partial charge in [0.1, 0.15) is 18.7 Å². The van der Waals surface area contributed by atoms with E-state index in [1.165, 1.54) is 0 Å². The molecule has 0 saturated heterocycles. The minimum absolute atomic E-state index is 0.0756. The zero-order valence-corrected chi connectivity index (χ0v) is 16.8. The number of carbonyl (C=O) groups is 3. The number of nitrogens with one attached hydrogen (secondary N) is 2. The van der Waals surface area contributed by atoms with Gasteiger partial charge in [0.2, 0.25) is 5.91 Å². The molecule has 2 amide bonds. The van der Waals surface area contributed by atoms with Crippen molar-refractivity contribution in [3.05, 3.63) is 59.7 Å². The summed E-state index contributed by atoms with van der Waals surface area (Å²) in [4.78, 5) is 35.4. The minimum atomic E-state index is -1.47. The Bertz CT molecular complexity index is 905. The van der Waals surface area contributed by atoms with E-state index in [-0.39, 0.29) is 18.3 Å². The number of carbonyl (C=O) groups excluding carboxylic acids is 2. The average molecular weight is 430 g/mol. The molecule has 0 bridgehead atoms. The van der Waals surface area contributed by atoms with Gasteiger partial charge in [0.05, 0.1) is 6.61 Å². The quantitative estimate of drug-likeness (QED) is 0.403. The molecule has 4 N–H and O–H groups in total. The maximum Gasteiger partial charge on any atom is 0.407 e. The first-order valence-electron chi connectivity index (χ1n) is 9.32. The van der Waals surface area contributed by atoms with Gasteiger partial charge in [-0.15, -0.1) is 0 Å². The Hall–Kier alpha value is -3.04. The zero-order chi connectivity index (χ0) is 21.7. The molecule has 3 rings (SSSR count). The number of carboxylic acids is 1. The first-order valence-corrected chi connectivity index (χ1v) is 9.96. The number of aliphatic hydroxyl groups excluding tert-OH is 1. The third-order valence-corrected chi connectivity index (χ3v) is 5.30. The standard InChI is InChI=1S/C21H22N2O6S/c24-9-17(20(26)27)22-19(25)18(11-30)23-21(28)29-10-16-14-7-3-1-5-12(14)13-6-2-4-8-15(13)16/h1-8,16-18,24,30H,9-11H2,(H,22,25)(H,23,28)(H,26,27)/t17-,18-/m0/s1. The summed E-state index contributed by atoms with van der Waals surface area (Å²) in [5, 5.41) is 22.5. The number of fused-ring (bicyclic) bond motifs is 3. The molecule has 0 heterocycles. The van der Waals surface area contributed by atoms with Crippen LogP contribution in [-0.2, 0) is 14.3 Å². The number of rotatable bonds is 8. The van der Waals surface area contributed by atoms with Crippen LogP contribution in [0.4, 0.5) is 4.79 Å². The van der Waals surface area contributed by atoms with Gasteiger partial charge in [-0.25, -0.2) is 9.59 Å². The van der Waals surface area contributed by atoms with Crippen LogP contribution in [0.5, 0.6) is 0 Å². The lowest BCUT2D eigenvalue weighted by atomic mass is 9.98. The largest absolute Gasteiger partial charge is 0.480 e. The molecule has 0 saturated carbocycles. The van der Waals surface area contributed by atoms with Gasteiger partial charge in [-0.2, -0.15) is 12.6 Å². The van der Waals surface area contributed by atoms with Crippen LogP contribution in [0.25, 0.3) is 11.1 Å². The summed E-state index contributed by atoms with van der Waals surface area (Å²) in [5.74, 6) is -2.37. The number of alkyl carbamates (subject to hydrolysis) is 1. The lowest BCUT2D eigenvalue weighted by molar-refractivity contribution is -0.143. The van der Waals surface area contributed by atoms with E-state index in [1.807, 2.05) is 48.5 Å². The molecule has 8 nitrogen and oxygen atoms in total. The third kappa shape index (κ3) is 4.58. The summed E-state index contributed by atoms with van der Waals surface area (Å²) >= 11 is 4.02. The molecule has 30 heavy (non-hydrogen) atoms. The Morgan fingerprint density at radius 1 is 0.967 bits per heavy atom. The van der Waals surface area contributed by atoms with Gasteiger partial charge < -0.3 is 25.6 Å². The molecule has 2 aromatic rings. The smallest absolute Gasteiger partial charge is 0.407 e. The molecular weight excluding hydrogens is 408 g/mol. The van der Waals surface area contributed by atoms with Crippen molar-refractivity contribution in [3.8, 4) is 11.1 Å². The predicted molar refractivity (Wildman–Crippen MR) is 112 cm³/mol. The van der Waals surface area contributed by atoms with E-state index in [2.05, 4.69) is 23.3 Å². The summed E-state index contributed by atoms with van der Waals surface area (Å²) in [7, 11) is 0. The van der Waals surface area contributed by atoms with E-state index in [1.54, 1.807) is 0 Å². The monoisotopic (exact) mass is 430 g/mol. The Balaban J connectivity index is 1.63. The number of aliphatic hydroxyl groups is 1. The number of hydrogen-bond donors (Lipinski definition) is 5. The van der Waals surface area contributed by atoms with Crippen molar-refractivity contribution in [2.75, 3.05) is 19.0 Å². The van der Waals surface area contributed by atoms with Crippen molar-refractivity contribution in [2.24, 2.45) is 0 Å². The highest BCUT2D eigenvalue weighted by atomic mass is 32.1. The van der Waals surface area contributed by atoms with Crippen molar-refractivity contribution in [1.82, 2.24) is 10.6 Å². The van der Waals surface area contributed by atoms with E-state index < -0.39 is 36.7 Å². The van der Waals surface area contributed by atoms with Gasteiger partial charge >= 0.3 is 12.1 Å². The number of aliphatic carboxylic acids is 1. The molecule has 0 unspecified atom stereocenters. The molecule has 9 heteroatoms. The molecule has 0 fully saturated rings. The van der Waals surface area contributed by atoms with Crippen LogP contribution in [0.2, 0.25) is 0 Å². The Morgan fingerprint density at radius 2 is 1.53 bits per heavy atom. The minimum Gasteiger partial charge on any atom is -0.480 e. The zero-order valence-electron chi connectivity index (χ0n) is 15.9. The van der Waals surface area contributed by atoms with Crippen LogP contribution in [0, 0.1) is 0 Å². The van der Waals surface area contributed by atoms with E-state index in [0.29, 0.717) is 0 Å². The second-order valence-electron chi connectivity index (χ2n) is 6.79. The second kappa shape index (κ2) is 9.64. The van der Waals surface area contributed by atoms with Crippen molar-refractivity contribution >= 4 is 30.6 Å². The van der Waals surface area contributed by atoms with Crippen LogP contribution in [0.15, 0.2) is 48.5 Å². The lowest BCUT2D eigenvalue weighted by Crippen LogP contribution is -2.53. The normalized spacial score (nSPS) is 14.2. The first kappa shape index (κ1) is 21.7. The maximum atomic E-state index is 12.3. The van der Waals surface area contributed by atoms with Crippen LogP contribution >= 0.6 is 12.6 Å². The van der Waals surface area contributed by atoms with Gasteiger partial charge in [0.25, 0.3) is 0 Å². The van der Waals surface area contributed by atoms with Crippen molar-refractivity contribution in [3.63, 3.8) is 0 Å². The highest BCUT2D eigenvalue weighted by molar-refractivity contribution is 7.80. The van der Waals surface area contributed by atoms with E-state index in [9.17, 15) is 14.4 Å². The molecular formula is C21H22N2O6S. The topological polar surface area (TPSA) is 125 Å². The highest BCUT2D eigenvalue weighted by Gasteiger charge is 2.30. The third-order valence-electron chi connectivity index (χ3n) is 4.93. The highest BCUT2D eigenvalue weighted by Crippen LogP contribution is 2.44. The van der Waals surface area contributed by atoms with Gasteiger partial charge in [-0.3, -0.25) is 4.79 Å². The van der Waals surface area contributed by atoms with E-state index >= 15 is 0 Å². The Morgan fingerprint density at radius 3 is 2.03 bits per heavy atom. The SMILES string of the molecule is O=C(N[C@@H](CS)C(=O)N[C@@H](CO)C(=O)O)OCC1c2ccccc2-c2ccccc21. The Labute approximate surface area is 178 Å². The molecule has 0 aromatic heterocycles. The summed E-state index contributed by atoms with van der Waals surface area (Å²) in [5.41, 5.74) is 4.31. The molecule has 2 atom stereocenters. The number of amides is 2. The summed E-state index contributed by atoms with van der Waals surface area (Å²) in [6, 6.07) is 13.2. The molecule has 1 aliphatic carbocycles. The molecule has 0 aliphatic heterocycles. The van der Waals surface area contributed by atoms with Crippen molar-refractivity contribution in [2.45, 2.75) is 18.0 Å². The predicted octanol–water partition coefficient (Wildman–Crippen LogP) is 1.39. The first-order chi connectivity index (χ1) is 14.5. The molecule has 158 valence electrons. The van der Waals surface area contributed by atoms with Gasteiger partial charge in [0.15, 0.2) is 0 Å². The fourth-order valence-electron chi connectivity index (χ4n) is 3.43. The van der Waals surface area contributed by atoms with Crippen LogP contribution in [0.1, 0.15) is 17.0 Å². The molecule has 1 aliphatic rings.